The van der Waals surface area contributed by atoms with E-state index in [1.54, 1.807) is 0 Å². The summed E-state index contributed by atoms with van der Waals surface area (Å²) in [7, 11) is 0.588. The third-order valence-corrected chi connectivity index (χ3v) is 0.917. The van der Waals surface area contributed by atoms with Crippen LogP contribution in [-0.2, 0) is 0 Å². The van der Waals surface area contributed by atoms with Crippen LogP contribution in [0.1, 0.15) is 6.42 Å². The van der Waals surface area contributed by atoms with Crippen LogP contribution >= 0.6 is 0 Å². The van der Waals surface area contributed by atoms with Crippen LogP contribution in [-0.4, -0.2) is 21.1 Å². The van der Waals surface area contributed by atoms with Gasteiger partial charge in [0.2, 0.25) is 0 Å². The van der Waals surface area contributed by atoms with E-state index >= 15 is 0 Å². The Morgan fingerprint density at radius 3 is 2.57 bits per heavy atom. The van der Waals surface area contributed by atoms with E-state index in [4.69, 9.17) is 0 Å². The van der Waals surface area contributed by atoms with E-state index in [1.165, 1.54) is 19.5 Å². The monoisotopic (exact) mass is 97.1 g/mol. The van der Waals surface area contributed by atoms with E-state index in [1.807, 2.05) is 4.81 Å². The van der Waals surface area contributed by atoms with Gasteiger partial charge in [-0.3, -0.25) is 0 Å². The molecule has 0 radical (unpaired) electrons. The Bertz CT molecular complexity index is 80.1. The van der Waals surface area contributed by atoms with Crippen LogP contribution in [0, 0.1) is 0 Å². The van der Waals surface area contributed by atoms with Gasteiger partial charge in [0.1, 0.15) is 0 Å². The zero-order valence-corrected chi connectivity index (χ0v) is 3.78. The molecule has 2 heteroatoms. The van der Waals surface area contributed by atoms with Gasteiger partial charge in [-0.05, 0) is 6.08 Å². The molecule has 0 aromatic rings. The number of hydrogen-bond donors (Lipinski definition) is 1. The van der Waals surface area contributed by atoms with Crippen molar-refractivity contribution in [2.24, 2.45) is 0 Å². The van der Waals surface area contributed by atoms with Gasteiger partial charge in [-0.2, -0.15) is 0 Å². The van der Waals surface area contributed by atoms with Crippen molar-refractivity contribution in [2.45, 2.75) is 6.42 Å². The molecule has 0 fully saturated rings. The standard InChI is InChI=1S/C5H12BN/c6-7-4-2-1-3-5-7/h1-2,7H,3-5H2,6H3. The summed E-state index contributed by atoms with van der Waals surface area (Å²) in [6.45, 7) is 2.76. The van der Waals surface area contributed by atoms with E-state index < -0.39 is 0 Å². The van der Waals surface area contributed by atoms with Crippen molar-refractivity contribution >= 4 is 7.98 Å². The van der Waals surface area contributed by atoms with Gasteiger partial charge in [0.15, 0.2) is 7.98 Å². The molecular formula is C5H12BN. The second-order valence-electron chi connectivity index (χ2n) is 1.46. The summed E-state index contributed by atoms with van der Waals surface area (Å²) in [4.78, 5) is 1.88. The number of rotatable bonds is 0. The molecule has 0 bridgehead atoms. The first-order valence-electron chi connectivity index (χ1n) is 2.36. The molecule has 0 saturated carbocycles. The van der Waals surface area contributed by atoms with Gasteiger partial charge in [0.25, 0.3) is 0 Å². The van der Waals surface area contributed by atoms with Crippen LogP contribution in [0.5, 0.6) is 0 Å². The van der Waals surface area contributed by atoms with Crippen LogP contribution in [0.3, 0.4) is 0 Å². The molecule has 1 atom stereocenters. The Balaban J connectivity index is 2.32. The normalized spacial score (nSPS) is 30.7. The Labute approximate surface area is 45.4 Å². The fraction of sp³-hybridized carbons (Fsp3) is 0.600. The maximum absolute atomic E-state index is 2.31. The first kappa shape index (κ1) is 4.91. The highest BCUT2D eigenvalue weighted by Crippen LogP contribution is 1.79. The van der Waals surface area contributed by atoms with Crippen LogP contribution < -0.4 is 4.81 Å². The number of quaternary nitrogens is 1. The van der Waals surface area contributed by atoms with E-state index in [-0.39, 0.29) is 0 Å². The molecule has 7 heavy (non-hydrogen) atoms. The van der Waals surface area contributed by atoms with E-state index in [9.17, 15) is 0 Å². The van der Waals surface area contributed by atoms with Crippen LogP contribution in [0.2, 0.25) is 0 Å². The second kappa shape index (κ2) is 2.17. The molecule has 1 nitrogen and oxygen atoms in total. The van der Waals surface area contributed by atoms with Crippen molar-refractivity contribution in [1.82, 2.24) is 0 Å². The smallest absolute Gasteiger partial charge is 0.167 e. The lowest BCUT2D eigenvalue weighted by atomic mass is 10.2. The average molecular weight is 97.0 g/mol. The molecule has 1 aliphatic rings. The highest BCUT2D eigenvalue weighted by molar-refractivity contribution is 5.95. The minimum absolute atomic E-state index is 0.588. The summed E-state index contributed by atoms with van der Waals surface area (Å²) in [6.07, 6.45) is 5.94. The summed E-state index contributed by atoms with van der Waals surface area (Å²) in [5, 5.41) is 0. The van der Waals surface area contributed by atoms with Crippen molar-refractivity contribution < 1.29 is 4.81 Å². The van der Waals surface area contributed by atoms with Crippen molar-refractivity contribution in [3.63, 3.8) is 0 Å². The van der Waals surface area contributed by atoms with Crippen molar-refractivity contribution in [3.8, 4) is 0 Å². The summed E-state index contributed by atoms with van der Waals surface area (Å²) in [5.74, 6) is 0. The highest BCUT2D eigenvalue weighted by atomic mass is 15.0. The summed E-state index contributed by atoms with van der Waals surface area (Å²) in [6, 6.07) is 0. The molecule has 0 aliphatic carbocycles. The van der Waals surface area contributed by atoms with Gasteiger partial charge in [-0.25, -0.2) is 0 Å². The minimum Gasteiger partial charge on any atom is -0.530 e. The maximum atomic E-state index is 2.31. The zero-order valence-electron chi connectivity index (χ0n) is 3.78. The molecule has 1 N–H and O–H groups in total. The van der Waals surface area contributed by atoms with E-state index in [0.717, 1.165) is 0 Å². The molecule has 1 aliphatic heterocycles. The molecule has 1 heterocycles. The Morgan fingerprint density at radius 1 is 1.43 bits per heavy atom. The summed E-state index contributed by atoms with van der Waals surface area (Å²) in [5.41, 5.74) is 0. The fourth-order valence-electron chi connectivity index (χ4n) is 0.572. The third kappa shape index (κ3) is 1.36. The molecule has 0 amide bonds. The lowest BCUT2D eigenvalue weighted by molar-refractivity contribution is -0.772. The summed E-state index contributed by atoms with van der Waals surface area (Å²) < 4.78 is 0. The first-order chi connectivity index (χ1) is 3.39. The van der Waals surface area contributed by atoms with Crippen LogP contribution in [0.25, 0.3) is 0 Å². The number of hydrogen-bond acceptors (Lipinski definition) is 0. The molecule has 1 unspecified atom stereocenters. The molecule has 40 valence electrons. The first-order valence-corrected chi connectivity index (χ1v) is 2.36. The second-order valence-corrected chi connectivity index (χ2v) is 1.46. The van der Waals surface area contributed by atoms with E-state index in [2.05, 4.69) is 12.2 Å². The van der Waals surface area contributed by atoms with Crippen molar-refractivity contribution in [3.05, 3.63) is 12.2 Å². The molecule has 0 aromatic carbocycles. The third-order valence-electron chi connectivity index (χ3n) is 0.917. The molecule has 1 rings (SSSR count). The van der Waals surface area contributed by atoms with Gasteiger partial charge in [-0.1, -0.05) is 6.08 Å². The lowest BCUT2D eigenvalue weighted by Crippen LogP contribution is -3.10. The van der Waals surface area contributed by atoms with Crippen molar-refractivity contribution in [1.29, 1.82) is 0 Å². The minimum atomic E-state index is 0.588. The fourth-order valence-corrected chi connectivity index (χ4v) is 0.572. The van der Waals surface area contributed by atoms with Gasteiger partial charge in [-0.15, -0.1) is 0 Å². The Kier molecular flexibility index (Phi) is 1.52. The van der Waals surface area contributed by atoms with Gasteiger partial charge in [0.05, 0.1) is 6.54 Å². The zero-order chi connectivity index (χ0) is 5.11. The predicted molar refractivity (Wildman–Crippen MR) is 34.4 cm³/mol. The Hall–Kier alpha value is -0.235. The largest absolute Gasteiger partial charge is 0.530 e. The summed E-state index contributed by atoms with van der Waals surface area (Å²) >= 11 is 0. The van der Waals surface area contributed by atoms with Gasteiger partial charge < -0.3 is 4.81 Å². The lowest BCUT2D eigenvalue weighted by Gasteiger charge is -2.21. The topological polar surface area (TPSA) is 4.44 Å². The molecular weight excluding hydrogens is 84.9 g/mol. The van der Waals surface area contributed by atoms with Crippen molar-refractivity contribution in [2.75, 3.05) is 13.1 Å². The Morgan fingerprint density at radius 2 is 2.29 bits per heavy atom. The maximum Gasteiger partial charge on any atom is 0.167 e. The molecule has 0 saturated heterocycles. The van der Waals surface area contributed by atoms with Crippen LogP contribution in [0.15, 0.2) is 12.2 Å². The molecule has 0 aromatic heterocycles. The van der Waals surface area contributed by atoms with Gasteiger partial charge >= 0.3 is 0 Å². The quantitative estimate of drug-likeness (QED) is 0.266. The molecule has 0 spiro atoms. The van der Waals surface area contributed by atoms with E-state index in [0.29, 0.717) is 7.98 Å². The number of nitrogens with one attached hydrogen (secondary N) is 1. The highest BCUT2D eigenvalue weighted by Gasteiger charge is 1.94. The average Bonchev–Trinajstić information content (AvgIpc) is 1.69. The van der Waals surface area contributed by atoms with Crippen LogP contribution in [0.4, 0.5) is 0 Å². The van der Waals surface area contributed by atoms with Gasteiger partial charge in [0, 0.05) is 13.0 Å². The SMILES string of the molecule is [BH3-][NH+]1CC=CCC1. The predicted octanol–water partition coefficient (Wildman–Crippen LogP) is -1.89.